The van der Waals surface area contributed by atoms with Crippen LogP contribution in [0.15, 0.2) is 0 Å². The molecule has 3 heteroatoms. The number of rotatable bonds is 5. The first-order valence-corrected chi connectivity index (χ1v) is 3.84. The Morgan fingerprint density at radius 2 is 2.44 bits per heavy atom. The van der Waals surface area contributed by atoms with Gasteiger partial charge < -0.3 is 4.79 Å². The highest BCUT2D eigenvalue weighted by atomic mass is 31.0. The van der Waals surface area contributed by atoms with Crippen LogP contribution in [0.1, 0.15) is 26.2 Å². The van der Waals surface area contributed by atoms with Gasteiger partial charge in [0.05, 0.1) is 6.04 Å². The molecule has 0 aromatic rings. The van der Waals surface area contributed by atoms with E-state index in [0.29, 0.717) is 0 Å². The summed E-state index contributed by atoms with van der Waals surface area (Å²) in [5.41, 5.74) is 0. The fraction of sp³-hybridized carbons (Fsp3) is 0.833. The normalized spacial score (nSPS) is 13.1. The molecule has 0 saturated carbocycles. The molecule has 0 rings (SSSR count). The molecular weight excluding hydrogens is 133 g/mol. The van der Waals surface area contributed by atoms with Gasteiger partial charge in [0, 0.05) is 0 Å². The van der Waals surface area contributed by atoms with E-state index in [9.17, 15) is 4.79 Å². The molecule has 0 heterocycles. The molecule has 0 aromatic heterocycles. The molecule has 0 aromatic carbocycles. The predicted octanol–water partition coefficient (Wildman–Crippen LogP) is 1.12. The maximum atomic E-state index is 10.2. The van der Waals surface area contributed by atoms with Gasteiger partial charge >= 0.3 is 0 Å². The van der Waals surface area contributed by atoms with Gasteiger partial charge in [-0.1, -0.05) is 29.2 Å². The smallest absolute Gasteiger partial charge is 0.137 e. The zero-order valence-electron chi connectivity index (χ0n) is 5.76. The van der Waals surface area contributed by atoms with Gasteiger partial charge in [-0.15, -0.1) is 0 Å². The Hall–Kier alpha value is 0.0600. The van der Waals surface area contributed by atoms with Crippen molar-refractivity contribution in [1.29, 1.82) is 0 Å². The van der Waals surface area contributed by atoms with Crippen LogP contribution >= 0.6 is 9.39 Å². The van der Waals surface area contributed by atoms with E-state index < -0.39 is 0 Å². The Kier molecular flexibility index (Phi) is 6.23. The average molecular weight is 147 g/mol. The quantitative estimate of drug-likeness (QED) is 0.466. The molecule has 0 amide bonds. The molecule has 0 aliphatic heterocycles. The number of carbonyl (C=O) groups excluding carboxylic acids is 1. The minimum atomic E-state index is 0.0370. The molecule has 0 aliphatic carbocycles. The second-order valence-electron chi connectivity index (χ2n) is 2.05. The maximum absolute atomic E-state index is 10.2. The third-order valence-electron chi connectivity index (χ3n) is 1.25. The molecule has 0 fully saturated rings. The molecule has 1 N–H and O–H groups in total. The molecule has 54 valence electrons. The average Bonchev–Trinajstić information content (AvgIpc) is 1.91. The molecule has 9 heavy (non-hydrogen) atoms. The summed E-state index contributed by atoms with van der Waals surface area (Å²) in [4.78, 5) is 10.2. The van der Waals surface area contributed by atoms with Crippen molar-refractivity contribution in [3.8, 4) is 0 Å². The van der Waals surface area contributed by atoms with Gasteiger partial charge in [-0.3, -0.25) is 5.09 Å². The van der Waals surface area contributed by atoms with E-state index >= 15 is 0 Å². The van der Waals surface area contributed by atoms with Crippen LogP contribution in [0.25, 0.3) is 0 Å². The standard InChI is InChI=1S/C6H14NOP/c1-2-3-4-6(5-8)7-9/h5-7H,2-4,9H2,1H3/t6-/m0/s1. The van der Waals surface area contributed by atoms with Gasteiger partial charge in [-0.2, -0.15) is 0 Å². The highest BCUT2D eigenvalue weighted by molar-refractivity contribution is 7.13. The minimum Gasteiger partial charge on any atom is -0.302 e. The van der Waals surface area contributed by atoms with E-state index in [-0.39, 0.29) is 6.04 Å². The summed E-state index contributed by atoms with van der Waals surface area (Å²) in [6.45, 7) is 2.12. The minimum absolute atomic E-state index is 0.0370. The number of hydrogen-bond acceptors (Lipinski definition) is 2. The second-order valence-corrected chi connectivity index (χ2v) is 2.38. The monoisotopic (exact) mass is 147 g/mol. The van der Waals surface area contributed by atoms with Crippen molar-refractivity contribution < 1.29 is 4.79 Å². The van der Waals surface area contributed by atoms with Crippen LogP contribution in [0.5, 0.6) is 0 Å². The van der Waals surface area contributed by atoms with Crippen LogP contribution in [0, 0.1) is 0 Å². The van der Waals surface area contributed by atoms with Gasteiger partial charge in [-0.05, 0) is 6.42 Å². The summed E-state index contributed by atoms with van der Waals surface area (Å²) in [7, 11) is 2.35. The van der Waals surface area contributed by atoms with E-state index in [2.05, 4.69) is 21.4 Å². The largest absolute Gasteiger partial charge is 0.302 e. The van der Waals surface area contributed by atoms with Crippen molar-refractivity contribution in [2.45, 2.75) is 32.2 Å². The molecule has 0 saturated heterocycles. The van der Waals surface area contributed by atoms with Gasteiger partial charge in [0.25, 0.3) is 0 Å². The molecule has 2 atom stereocenters. The molecule has 0 radical (unpaired) electrons. The summed E-state index contributed by atoms with van der Waals surface area (Å²) in [6.07, 6.45) is 4.16. The molecule has 0 aliphatic rings. The van der Waals surface area contributed by atoms with Crippen LogP contribution < -0.4 is 5.09 Å². The van der Waals surface area contributed by atoms with Crippen molar-refractivity contribution >= 4 is 15.7 Å². The highest BCUT2D eigenvalue weighted by Crippen LogP contribution is 1.98. The molecular formula is C6H14NOP. The lowest BCUT2D eigenvalue weighted by Crippen LogP contribution is -2.21. The molecule has 0 bridgehead atoms. The Bertz CT molecular complexity index is 77.5. The Morgan fingerprint density at radius 1 is 1.78 bits per heavy atom. The van der Waals surface area contributed by atoms with Gasteiger partial charge in [0.1, 0.15) is 6.29 Å². The Balaban J connectivity index is 3.20. The maximum Gasteiger partial charge on any atom is 0.137 e. The Morgan fingerprint density at radius 3 is 2.78 bits per heavy atom. The summed E-state index contributed by atoms with van der Waals surface area (Å²) in [5, 5.41) is 2.84. The fourth-order valence-electron chi connectivity index (χ4n) is 0.615. The van der Waals surface area contributed by atoms with Crippen LogP contribution in [0.4, 0.5) is 0 Å². The van der Waals surface area contributed by atoms with E-state index in [1.807, 2.05) is 0 Å². The summed E-state index contributed by atoms with van der Waals surface area (Å²) in [6, 6.07) is 0.0370. The number of nitrogens with one attached hydrogen (secondary N) is 1. The van der Waals surface area contributed by atoms with E-state index in [1.165, 1.54) is 0 Å². The van der Waals surface area contributed by atoms with Crippen molar-refractivity contribution in [2.75, 3.05) is 0 Å². The highest BCUT2D eigenvalue weighted by Gasteiger charge is 2.00. The van der Waals surface area contributed by atoms with Crippen LogP contribution in [0.2, 0.25) is 0 Å². The first-order valence-electron chi connectivity index (χ1n) is 3.26. The zero-order chi connectivity index (χ0) is 7.11. The number of aldehydes is 1. The van der Waals surface area contributed by atoms with E-state index in [1.54, 1.807) is 0 Å². The molecule has 0 spiro atoms. The third kappa shape index (κ3) is 4.56. The van der Waals surface area contributed by atoms with Gasteiger partial charge in [-0.25, -0.2) is 0 Å². The van der Waals surface area contributed by atoms with Gasteiger partial charge in [0.2, 0.25) is 0 Å². The first-order chi connectivity index (χ1) is 4.35. The Labute approximate surface area is 58.7 Å². The van der Waals surface area contributed by atoms with Crippen LogP contribution in [-0.4, -0.2) is 12.3 Å². The summed E-state index contributed by atoms with van der Waals surface area (Å²) in [5.74, 6) is 0. The lowest BCUT2D eigenvalue weighted by atomic mass is 10.1. The second kappa shape index (κ2) is 6.18. The van der Waals surface area contributed by atoms with Gasteiger partial charge in [0.15, 0.2) is 0 Å². The fourth-order valence-corrected chi connectivity index (χ4v) is 0.860. The van der Waals surface area contributed by atoms with Crippen LogP contribution in [-0.2, 0) is 4.79 Å². The van der Waals surface area contributed by atoms with E-state index in [4.69, 9.17) is 0 Å². The number of carbonyl (C=O) groups is 1. The van der Waals surface area contributed by atoms with Crippen LogP contribution in [0.3, 0.4) is 0 Å². The van der Waals surface area contributed by atoms with Crippen molar-refractivity contribution in [3.63, 3.8) is 0 Å². The lowest BCUT2D eigenvalue weighted by Gasteiger charge is -2.05. The SMILES string of the molecule is CCCC[C@@H](C=O)NP. The summed E-state index contributed by atoms with van der Waals surface area (Å²) >= 11 is 0. The molecule has 2 nitrogen and oxygen atoms in total. The summed E-state index contributed by atoms with van der Waals surface area (Å²) < 4.78 is 0. The number of hydrogen-bond donors (Lipinski definition) is 1. The molecule has 1 unspecified atom stereocenters. The van der Waals surface area contributed by atoms with E-state index in [0.717, 1.165) is 25.5 Å². The lowest BCUT2D eigenvalue weighted by molar-refractivity contribution is -0.109. The predicted molar refractivity (Wildman–Crippen MR) is 42.2 cm³/mol. The van der Waals surface area contributed by atoms with Crippen molar-refractivity contribution in [1.82, 2.24) is 5.09 Å². The number of unbranched alkanes of at least 4 members (excludes halogenated alkanes) is 1. The van der Waals surface area contributed by atoms with Crippen molar-refractivity contribution in [2.24, 2.45) is 0 Å². The third-order valence-corrected chi connectivity index (χ3v) is 1.68. The van der Waals surface area contributed by atoms with Crippen molar-refractivity contribution in [3.05, 3.63) is 0 Å². The topological polar surface area (TPSA) is 29.1 Å². The first kappa shape index (κ1) is 9.06. The zero-order valence-corrected chi connectivity index (χ0v) is 6.92.